The number of hydrogen-bond acceptors (Lipinski definition) is 2. The smallest absolute Gasteiger partial charge is 0.329 e. The van der Waals surface area contributed by atoms with Crippen LogP contribution in [-0.4, -0.2) is 20.2 Å². The minimum Gasteiger partial charge on any atom is -0.480 e. The molecule has 2 aromatic carbocycles. The van der Waals surface area contributed by atoms with Gasteiger partial charge in [0.25, 0.3) is 0 Å². The van der Waals surface area contributed by atoms with Crippen LogP contribution in [0.1, 0.15) is 5.56 Å². The third kappa shape index (κ3) is 2.98. The Bertz CT molecular complexity index is 960. The van der Waals surface area contributed by atoms with Crippen LogP contribution in [0.4, 0.5) is 0 Å². The maximum absolute atomic E-state index is 12.6. The third-order valence-electron chi connectivity index (χ3n) is 3.56. The van der Waals surface area contributed by atoms with Crippen molar-refractivity contribution in [1.29, 1.82) is 0 Å². The maximum Gasteiger partial charge on any atom is 0.329 e. The number of hydrogen-bond donors (Lipinski definition) is 1. The molecule has 0 unspecified atom stereocenters. The highest BCUT2D eigenvalue weighted by Crippen LogP contribution is 2.23. The topological polar surface area (TPSA) is 64.2 Å². The number of carbonyl (C=O) groups is 1. The molecule has 0 radical (unpaired) electrons. The fourth-order valence-electron chi connectivity index (χ4n) is 2.53. The molecule has 5 nitrogen and oxygen atoms in total. The monoisotopic (exact) mass is 350 g/mol. The zero-order valence-corrected chi connectivity index (χ0v) is 13.4. The SMILES string of the molecule is O=C(O)Cn1c(=O)n(Cc2ccc(Cl)cc2Cl)c2ccccc21. The summed E-state index contributed by atoms with van der Waals surface area (Å²) in [6.45, 7) is -0.150. The van der Waals surface area contributed by atoms with E-state index < -0.39 is 5.97 Å². The van der Waals surface area contributed by atoms with Crippen LogP contribution in [0.2, 0.25) is 10.0 Å². The van der Waals surface area contributed by atoms with E-state index in [4.69, 9.17) is 28.3 Å². The second-order valence-corrected chi connectivity index (χ2v) is 5.92. The number of halogens is 2. The average Bonchev–Trinajstić information content (AvgIpc) is 2.75. The first kappa shape index (κ1) is 15.6. The molecule has 0 saturated heterocycles. The summed E-state index contributed by atoms with van der Waals surface area (Å²) >= 11 is 12.1. The van der Waals surface area contributed by atoms with Gasteiger partial charge in [-0.1, -0.05) is 41.4 Å². The van der Waals surface area contributed by atoms with Gasteiger partial charge < -0.3 is 5.11 Å². The quantitative estimate of drug-likeness (QED) is 0.785. The molecular formula is C16H12Cl2N2O3. The van der Waals surface area contributed by atoms with Gasteiger partial charge in [0.15, 0.2) is 0 Å². The number of aliphatic carboxylic acids is 1. The first-order chi connectivity index (χ1) is 11.0. The van der Waals surface area contributed by atoms with Crippen LogP contribution in [0.5, 0.6) is 0 Å². The van der Waals surface area contributed by atoms with Gasteiger partial charge in [-0.15, -0.1) is 0 Å². The summed E-state index contributed by atoms with van der Waals surface area (Å²) < 4.78 is 2.74. The average molecular weight is 351 g/mol. The lowest BCUT2D eigenvalue weighted by molar-refractivity contribution is -0.137. The van der Waals surface area contributed by atoms with E-state index in [9.17, 15) is 9.59 Å². The Labute approximate surface area is 141 Å². The molecule has 0 saturated carbocycles. The molecule has 7 heteroatoms. The molecule has 1 heterocycles. The molecule has 23 heavy (non-hydrogen) atoms. The highest BCUT2D eigenvalue weighted by molar-refractivity contribution is 6.35. The highest BCUT2D eigenvalue weighted by atomic mass is 35.5. The van der Waals surface area contributed by atoms with Crippen LogP contribution in [0.15, 0.2) is 47.3 Å². The van der Waals surface area contributed by atoms with Crippen LogP contribution >= 0.6 is 23.2 Å². The fourth-order valence-corrected chi connectivity index (χ4v) is 3.00. The zero-order valence-electron chi connectivity index (χ0n) is 11.9. The maximum atomic E-state index is 12.6. The summed E-state index contributed by atoms with van der Waals surface area (Å²) in [5.74, 6) is -1.07. The highest BCUT2D eigenvalue weighted by Gasteiger charge is 2.15. The lowest BCUT2D eigenvalue weighted by Gasteiger charge is -2.06. The fraction of sp³-hybridized carbons (Fsp3) is 0.125. The molecule has 0 aliphatic heterocycles. The Morgan fingerprint density at radius 2 is 1.70 bits per heavy atom. The number of aromatic nitrogens is 2. The van der Waals surface area contributed by atoms with Crippen molar-refractivity contribution >= 4 is 40.2 Å². The summed E-state index contributed by atoms with van der Waals surface area (Å²) in [6.07, 6.45) is 0. The van der Waals surface area contributed by atoms with Gasteiger partial charge in [0.05, 0.1) is 17.6 Å². The number of para-hydroxylation sites is 2. The third-order valence-corrected chi connectivity index (χ3v) is 4.15. The van der Waals surface area contributed by atoms with E-state index in [1.54, 1.807) is 42.5 Å². The molecule has 3 aromatic rings. The normalized spacial score (nSPS) is 11.0. The van der Waals surface area contributed by atoms with Crippen LogP contribution in [0.3, 0.4) is 0 Å². The van der Waals surface area contributed by atoms with Gasteiger partial charge in [-0.2, -0.15) is 0 Å². The van der Waals surface area contributed by atoms with Gasteiger partial charge >= 0.3 is 11.7 Å². The van der Waals surface area contributed by atoms with Gasteiger partial charge in [0.2, 0.25) is 0 Å². The van der Waals surface area contributed by atoms with Gasteiger partial charge in [0, 0.05) is 10.0 Å². The van der Waals surface area contributed by atoms with E-state index in [2.05, 4.69) is 0 Å². The summed E-state index contributed by atoms with van der Waals surface area (Å²) in [4.78, 5) is 23.6. The molecule has 0 amide bonds. The number of carboxylic acids is 1. The summed E-state index contributed by atoms with van der Waals surface area (Å²) in [5, 5.41) is 9.99. The van der Waals surface area contributed by atoms with Crippen molar-refractivity contribution in [3.05, 3.63) is 68.6 Å². The lowest BCUT2D eigenvalue weighted by atomic mass is 10.2. The molecular weight excluding hydrogens is 339 g/mol. The minimum absolute atomic E-state index is 0.238. The molecule has 0 bridgehead atoms. The van der Waals surface area contributed by atoms with Crippen molar-refractivity contribution in [3.63, 3.8) is 0 Å². The lowest BCUT2D eigenvalue weighted by Crippen LogP contribution is -2.27. The molecule has 1 N–H and O–H groups in total. The number of fused-ring (bicyclic) bond motifs is 1. The van der Waals surface area contributed by atoms with Gasteiger partial charge in [-0.05, 0) is 29.8 Å². The molecule has 118 valence electrons. The predicted octanol–water partition coefficient (Wildman–Crippen LogP) is 3.24. The minimum atomic E-state index is -1.07. The van der Waals surface area contributed by atoms with E-state index >= 15 is 0 Å². The Balaban J connectivity index is 2.15. The molecule has 0 aliphatic rings. The molecule has 0 atom stereocenters. The van der Waals surface area contributed by atoms with Crippen molar-refractivity contribution in [1.82, 2.24) is 9.13 Å². The first-order valence-corrected chi connectivity index (χ1v) is 7.57. The molecule has 0 aliphatic carbocycles. The van der Waals surface area contributed by atoms with Crippen molar-refractivity contribution < 1.29 is 9.90 Å². The van der Waals surface area contributed by atoms with Gasteiger partial charge in [0.1, 0.15) is 6.54 Å². The summed E-state index contributed by atoms with van der Waals surface area (Å²) in [6, 6.07) is 12.1. The Hall–Kier alpha value is -2.24. The number of nitrogens with zero attached hydrogens (tertiary/aromatic N) is 2. The molecule has 1 aromatic heterocycles. The Morgan fingerprint density at radius 1 is 1.04 bits per heavy atom. The van der Waals surface area contributed by atoms with Gasteiger partial charge in [-0.25, -0.2) is 4.79 Å². The van der Waals surface area contributed by atoms with Crippen molar-refractivity contribution in [2.45, 2.75) is 13.1 Å². The number of rotatable bonds is 4. The first-order valence-electron chi connectivity index (χ1n) is 6.81. The predicted molar refractivity (Wildman–Crippen MR) is 89.4 cm³/mol. The number of carboxylic acid groups (broad SMARTS) is 1. The van der Waals surface area contributed by atoms with Gasteiger partial charge in [-0.3, -0.25) is 13.9 Å². The van der Waals surface area contributed by atoms with E-state index in [1.807, 2.05) is 0 Å². The van der Waals surface area contributed by atoms with Crippen LogP contribution in [-0.2, 0) is 17.9 Å². The van der Waals surface area contributed by atoms with Crippen LogP contribution in [0, 0.1) is 0 Å². The largest absolute Gasteiger partial charge is 0.480 e. The molecule has 0 spiro atoms. The Morgan fingerprint density at radius 3 is 2.30 bits per heavy atom. The van der Waals surface area contributed by atoms with Crippen LogP contribution in [0.25, 0.3) is 11.0 Å². The second kappa shape index (κ2) is 6.10. The summed E-state index contributed by atoms with van der Waals surface area (Å²) in [5.41, 5.74) is 1.57. The van der Waals surface area contributed by atoms with Crippen LogP contribution < -0.4 is 5.69 Å². The number of benzene rings is 2. The number of imidazole rings is 1. The van der Waals surface area contributed by atoms with Crippen molar-refractivity contribution in [3.8, 4) is 0 Å². The van der Waals surface area contributed by atoms with E-state index in [1.165, 1.54) is 9.13 Å². The standard InChI is InChI=1S/C16H12Cl2N2O3/c17-11-6-5-10(12(18)7-11)8-19-13-3-1-2-4-14(13)20(16(19)23)9-15(21)22/h1-7H,8-9H2,(H,21,22). The van der Waals surface area contributed by atoms with Crippen molar-refractivity contribution in [2.75, 3.05) is 0 Å². The Kier molecular flexibility index (Phi) is 4.15. The summed E-state index contributed by atoms with van der Waals surface area (Å²) in [7, 11) is 0. The van der Waals surface area contributed by atoms with E-state index in [0.29, 0.717) is 21.1 Å². The molecule has 0 fully saturated rings. The van der Waals surface area contributed by atoms with Crippen molar-refractivity contribution in [2.24, 2.45) is 0 Å². The van der Waals surface area contributed by atoms with E-state index in [-0.39, 0.29) is 18.8 Å². The zero-order chi connectivity index (χ0) is 16.6. The van der Waals surface area contributed by atoms with E-state index in [0.717, 1.165) is 5.56 Å². The molecule has 3 rings (SSSR count). The second-order valence-electron chi connectivity index (χ2n) is 5.07.